The summed E-state index contributed by atoms with van der Waals surface area (Å²) in [4.78, 5) is 27.6. The van der Waals surface area contributed by atoms with E-state index in [0.717, 1.165) is 12.8 Å². The van der Waals surface area contributed by atoms with Gasteiger partial charge in [0.2, 0.25) is 5.91 Å². The lowest BCUT2D eigenvalue weighted by Gasteiger charge is -2.29. The van der Waals surface area contributed by atoms with E-state index in [2.05, 4.69) is 5.32 Å². The topological polar surface area (TPSA) is 49.4 Å². The van der Waals surface area contributed by atoms with Gasteiger partial charge in [-0.05, 0) is 36.2 Å². The van der Waals surface area contributed by atoms with Gasteiger partial charge < -0.3 is 10.2 Å². The van der Waals surface area contributed by atoms with Gasteiger partial charge in [0.15, 0.2) is 0 Å². The van der Waals surface area contributed by atoms with Gasteiger partial charge in [-0.15, -0.1) is 11.8 Å². The third kappa shape index (κ3) is 4.50. The number of unbranched alkanes of at least 4 members (excludes halogenated alkanes) is 1. The average molecular weight is 421 g/mol. The summed E-state index contributed by atoms with van der Waals surface area (Å²) in [5.41, 5.74) is 0.980. The highest BCUT2D eigenvalue weighted by molar-refractivity contribution is 7.99. The van der Waals surface area contributed by atoms with Crippen LogP contribution in [-0.2, 0) is 4.79 Å². The number of halogens is 2. The van der Waals surface area contributed by atoms with Gasteiger partial charge in [-0.1, -0.05) is 49.2 Å². The number of carbonyl (C=O) groups is 2. The van der Waals surface area contributed by atoms with Crippen LogP contribution in [0.1, 0.15) is 41.1 Å². The number of nitrogens with zero attached hydrogens (tertiary/aromatic N) is 1. The van der Waals surface area contributed by atoms with E-state index >= 15 is 0 Å². The number of amides is 2. The second-order valence-corrected chi connectivity index (χ2v) is 8.11. The Morgan fingerprint density at radius 3 is 2.75 bits per heavy atom. The van der Waals surface area contributed by atoms with Gasteiger partial charge in [0.05, 0.1) is 10.6 Å². The summed E-state index contributed by atoms with van der Waals surface area (Å²) in [6.45, 7) is 2.61. The van der Waals surface area contributed by atoms with Crippen molar-refractivity contribution in [2.75, 3.05) is 12.3 Å². The number of carbonyl (C=O) groups excluding carboxylic acids is 2. The Hall–Kier alpha value is -2.05. The number of thioether (sulfide) groups is 1. The van der Waals surface area contributed by atoms with Crippen LogP contribution >= 0.6 is 23.4 Å². The van der Waals surface area contributed by atoms with Crippen LogP contribution in [0.5, 0.6) is 0 Å². The van der Waals surface area contributed by atoms with Crippen LogP contribution in [0.15, 0.2) is 48.5 Å². The fraction of sp³-hybridized carbons (Fsp3) is 0.333. The molecule has 1 aliphatic heterocycles. The maximum absolute atomic E-state index is 13.8. The van der Waals surface area contributed by atoms with Crippen molar-refractivity contribution in [1.82, 2.24) is 10.2 Å². The van der Waals surface area contributed by atoms with Crippen LogP contribution in [0.3, 0.4) is 0 Å². The van der Waals surface area contributed by atoms with Crippen molar-refractivity contribution in [3.63, 3.8) is 0 Å². The molecule has 148 valence electrons. The molecule has 0 aromatic heterocycles. The molecule has 2 aromatic rings. The standard InChI is InChI=1S/C21H22ClFN2O2S/c1-2-3-11-24-19(26)18-13-28-21(14-7-6-8-15(23)12-14)25(18)20(27)16-9-4-5-10-17(16)22/h4-10,12,18,21H,2-3,11,13H2,1H3,(H,24,26). The molecular formula is C21H22ClFN2O2S. The molecule has 2 aromatic carbocycles. The maximum atomic E-state index is 13.8. The first-order valence-electron chi connectivity index (χ1n) is 9.25. The molecule has 4 nitrogen and oxygen atoms in total. The highest BCUT2D eigenvalue weighted by Gasteiger charge is 2.43. The van der Waals surface area contributed by atoms with Crippen molar-refractivity contribution in [3.8, 4) is 0 Å². The van der Waals surface area contributed by atoms with Crippen molar-refractivity contribution in [1.29, 1.82) is 0 Å². The Labute approximate surface area is 173 Å². The lowest BCUT2D eigenvalue weighted by molar-refractivity contribution is -0.124. The summed E-state index contributed by atoms with van der Waals surface area (Å²) < 4.78 is 13.8. The summed E-state index contributed by atoms with van der Waals surface area (Å²) in [6, 6.07) is 12.3. The van der Waals surface area contributed by atoms with Crippen molar-refractivity contribution in [2.24, 2.45) is 0 Å². The Bertz CT molecular complexity index is 864. The number of nitrogens with one attached hydrogen (secondary N) is 1. The molecule has 1 heterocycles. The molecule has 0 bridgehead atoms. The van der Waals surface area contributed by atoms with Crippen molar-refractivity contribution in [2.45, 2.75) is 31.2 Å². The first-order valence-corrected chi connectivity index (χ1v) is 10.7. The maximum Gasteiger partial charge on any atom is 0.257 e. The van der Waals surface area contributed by atoms with Gasteiger partial charge >= 0.3 is 0 Å². The molecule has 1 aliphatic rings. The van der Waals surface area contributed by atoms with Gasteiger partial charge in [-0.3, -0.25) is 9.59 Å². The highest BCUT2D eigenvalue weighted by atomic mass is 35.5. The van der Waals surface area contributed by atoms with E-state index < -0.39 is 11.4 Å². The molecule has 0 aliphatic carbocycles. The monoisotopic (exact) mass is 420 g/mol. The molecule has 2 unspecified atom stereocenters. The molecule has 2 atom stereocenters. The van der Waals surface area contributed by atoms with Crippen LogP contribution < -0.4 is 5.32 Å². The second kappa shape index (κ2) is 9.43. The molecule has 7 heteroatoms. The van der Waals surface area contributed by atoms with Gasteiger partial charge in [0.1, 0.15) is 17.2 Å². The summed E-state index contributed by atoms with van der Waals surface area (Å²) in [5.74, 6) is -0.463. The Morgan fingerprint density at radius 1 is 1.25 bits per heavy atom. The zero-order chi connectivity index (χ0) is 20.1. The Balaban J connectivity index is 1.93. The van der Waals surface area contributed by atoms with Crippen LogP contribution in [0, 0.1) is 5.82 Å². The zero-order valence-corrected chi connectivity index (χ0v) is 17.1. The Morgan fingerprint density at radius 2 is 2.04 bits per heavy atom. The number of hydrogen-bond donors (Lipinski definition) is 1. The fourth-order valence-electron chi connectivity index (χ4n) is 3.15. The molecule has 0 saturated carbocycles. The molecule has 0 radical (unpaired) electrons. The third-order valence-electron chi connectivity index (χ3n) is 4.61. The Kier molecular flexibility index (Phi) is 6.97. The summed E-state index contributed by atoms with van der Waals surface area (Å²) >= 11 is 7.68. The smallest absolute Gasteiger partial charge is 0.257 e. The molecule has 1 saturated heterocycles. The highest BCUT2D eigenvalue weighted by Crippen LogP contribution is 2.42. The first-order chi connectivity index (χ1) is 13.5. The molecule has 1 fully saturated rings. The number of hydrogen-bond acceptors (Lipinski definition) is 3. The van der Waals surface area contributed by atoms with E-state index in [1.165, 1.54) is 28.8 Å². The van der Waals surface area contributed by atoms with Crippen molar-refractivity contribution >= 4 is 35.2 Å². The predicted molar refractivity (Wildman–Crippen MR) is 111 cm³/mol. The zero-order valence-electron chi connectivity index (χ0n) is 15.5. The molecule has 3 rings (SSSR count). The number of benzene rings is 2. The van der Waals surface area contributed by atoms with E-state index in [-0.39, 0.29) is 17.6 Å². The van der Waals surface area contributed by atoms with E-state index in [9.17, 15) is 14.0 Å². The minimum Gasteiger partial charge on any atom is -0.354 e. The fourth-order valence-corrected chi connectivity index (χ4v) is 4.79. The minimum atomic E-state index is -0.640. The third-order valence-corrected chi connectivity index (χ3v) is 6.26. The minimum absolute atomic E-state index is 0.194. The van der Waals surface area contributed by atoms with E-state index in [1.807, 2.05) is 6.92 Å². The van der Waals surface area contributed by atoms with Crippen molar-refractivity contribution in [3.05, 3.63) is 70.5 Å². The summed E-state index contributed by atoms with van der Waals surface area (Å²) in [6.07, 6.45) is 1.84. The lowest BCUT2D eigenvalue weighted by Crippen LogP contribution is -2.48. The largest absolute Gasteiger partial charge is 0.354 e. The van der Waals surface area contributed by atoms with Crippen LogP contribution in [0.25, 0.3) is 0 Å². The van der Waals surface area contributed by atoms with Gasteiger partial charge in [0, 0.05) is 12.3 Å². The molecule has 1 N–H and O–H groups in total. The van der Waals surface area contributed by atoms with Gasteiger partial charge in [-0.25, -0.2) is 4.39 Å². The van der Waals surface area contributed by atoms with Crippen LogP contribution in [0.4, 0.5) is 4.39 Å². The molecule has 0 spiro atoms. The number of rotatable bonds is 6. The van der Waals surface area contributed by atoms with Crippen molar-refractivity contribution < 1.29 is 14.0 Å². The first kappa shape index (κ1) is 20.7. The normalized spacial score (nSPS) is 18.9. The SMILES string of the molecule is CCCCNC(=O)C1CSC(c2cccc(F)c2)N1C(=O)c1ccccc1Cl. The predicted octanol–water partition coefficient (Wildman–Crippen LogP) is 4.65. The van der Waals surface area contributed by atoms with Gasteiger partial charge in [0.25, 0.3) is 5.91 Å². The molecule has 2 amide bonds. The second-order valence-electron chi connectivity index (χ2n) is 6.59. The average Bonchev–Trinajstić information content (AvgIpc) is 3.13. The van der Waals surface area contributed by atoms with E-state index in [4.69, 9.17) is 11.6 Å². The van der Waals surface area contributed by atoms with Gasteiger partial charge in [-0.2, -0.15) is 0 Å². The van der Waals surface area contributed by atoms with Crippen LogP contribution in [-0.4, -0.2) is 35.1 Å². The molecular weight excluding hydrogens is 399 g/mol. The summed E-state index contributed by atoms with van der Waals surface area (Å²) in [7, 11) is 0. The van der Waals surface area contributed by atoms with E-state index in [0.29, 0.717) is 28.4 Å². The quantitative estimate of drug-likeness (QED) is 0.692. The summed E-state index contributed by atoms with van der Waals surface area (Å²) in [5, 5.41) is 2.78. The lowest BCUT2D eigenvalue weighted by atomic mass is 10.1. The van der Waals surface area contributed by atoms with Crippen LogP contribution in [0.2, 0.25) is 5.02 Å². The van der Waals surface area contributed by atoms with E-state index in [1.54, 1.807) is 36.4 Å². The molecule has 28 heavy (non-hydrogen) atoms.